The van der Waals surface area contributed by atoms with Crippen LogP contribution in [0.4, 0.5) is 5.82 Å². The van der Waals surface area contributed by atoms with Crippen molar-refractivity contribution in [3.05, 3.63) is 18.1 Å². The van der Waals surface area contributed by atoms with Crippen molar-refractivity contribution in [3.63, 3.8) is 0 Å². The van der Waals surface area contributed by atoms with Gasteiger partial charge >= 0.3 is 0 Å². The Balaban J connectivity index is 2.81. The van der Waals surface area contributed by atoms with Crippen LogP contribution in [0, 0.1) is 0 Å². The molecule has 1 aromatic rings. The summed E-state index contributed by atoms with van der Waals surface area (Å²) in [5, 5.41) is 2.83. The summed E-state index contributed by atoms with van der Waals surface area (Å²) in [6.07, 6.45) is 4.50. The third-order valence-electron chi connectivity index (χ3n) is 2.73. The standard InChI is InChI=1S/C14H24N4O/c1-4-7-15-14(19)12-10-13(17-11-16-12)18(8-5-2)9-6-3/h10-11H,4-9H2,1-3H3,(H,15,19). The van der Waals surface area contributed by atoms with E-state index >= 15 is 0 Å². The highest BCUT2D eigenvalue weighted by Gasteiger charge is 2.11. The molecule has 19 heavy (non-hydrogen) atoms. The summed E-state index contributed by atoms with van der Waals surface area (Å²) in [4.78, 5) is 22.4. The van der Waals surface area contributed by atoms with Crippen molar-refractivity contribution in [1.29, 1.82) is 0 Å². The number of carbonyl (C=O) groups is 1. The molecule has 106 valence electrons. The van der Waals surface area contributed by atoms with Gasteiger partial charge in [-0.1, -0.05) is 20.8 Å². The highest BCUT2D eigenvalue weighted by Crippen LogP contribution is 2.12. The number of amides is 1. The molecule has 1 amide bonds. The molecule has 1 aromatic heterocycles. The lowest BCUT2D eigenvalue weighted by Gasteiger charge is -2.22. The van der Waals surface area contributed by atoms with Gasteiger partial charge in [0.05, 0.1) is 0 Å². The lowest BCUT2D eigenvalue weighted by molar-refractivity contribution is 0.0948. The van der Waals surface area contributed by atoms with Crippen molar-refractivity contribution in [2.24, 2.45) is 0 Å². The van der Waals surface area contributed by atoms with Gasteiger partial charge in [0.25, 0.3) is 5.91 Å². The minimum absolute atomic E-state index is 0.126. The van der Waals surface area contributed by atoms with Gasteiger partial charge in [-0.15, -0.1) is 0 Å². The third kappa shape index (κ3) is 4.85. The van der Waals surface area contributed by atoms with Gasteiger partial charge in [-0.3, -0.25) is 4.79 Å². The number of nitrogens with one attached hydrogen (secondary N) is 1. The van der Waals surface area contributed by atoms with Crippen molar-refractivity contribution < 1.29 is 4.79 Å². The van der Waals surface area contributed by atoms with Crippen LogP contribution in [0.3, 0.4) is 0 Å². The lowest BCUT2D eigenvalue weighted by Crippen LogP contribution is -2.28. The highest BCUT2D eigenvalue weighted by molar-refractivity contribution is 5.92. The Kier molecular flexibility index (Phi) is 6.85. The fourth-order valence-electron chi connectivity index (χ4n) is 1.85. The highest BCUT2D eigenvalue weighted by atomic mass is 16.1. The number of carbonyl (C=O) groups excluding carboxylic acids is 1. The van der Waals surface area contributed by atoms with Crippen molar-refractivity contribution in [2.75, 3.05) is 24.5 Å². The first-order chi connectivity index (χ1) is 9.22. The zero-order valence-electron chi connectivity index (χ0n) is 12.1. The largest absolute Gasteiger partial charge is 0.357 e. The van der Waals surface area contributed by atoms with Crippen LogP contribution in [0.25, 0.3) is 0 Å². The molecule has 0 spiro atoms. The summed E-state index contributed by atoms with van der Waals surface area (Å²) < 4.78 is 0. The van der Waals surface area contributed by atoms with E-state index in [1.54, 1.807) is 6.07 Å². The molecule has 1 N–H and O–H groups in total. The Morgan fingerprint density at radius 1 is 1.16 bits per heavy atom. The molecular weight excluding hydrogens is 240 g/mol. The average molecular weight is 264 g/mol. The summed E-state index contributed by atoms with van der Waals surface area (Å²) in [5.41, 5.74) is 0.440. The Hall–Kier alpha value is -1.65. The van der Waals surface area contributed by atoms with Gasteiger partial charge in [0, 0.05) is 25.7 Å². The van der Waals surface area contributed by atoms with E-state index in [-0.39, 0.29) is 5.91 Å². The molecule has 0 aliphatic rings. The molecule has 0 atom stereocenters. The maximum absolute atomic E-state index is 11.9. The van der Waals surface area contributed by atoms with Crippen molar-refractivity contribution >= 4 is 11.7 Å². The normalized spacial score (nSPS) is 10.3. The number of hydrogen-bond acceptors (Lipinski definition) is 4. The molecule has 0 saturated heterocycles. The van der Waals surface area contributed by atoms with E-state index in [4.69, 9.17) is 0 Å². The molecule has 0 aromatic carbocycles. The van der Waals surface area contributed by atoms with E-state index in [1.807, 2.05) is 6.92 Å². The number of aromatic nitrogens is 2. The second kappa shape index (κ2) is 8.45. The molecule has 5 heteroatoms. The number of nitrogens with zero attached hydrogens (tertiary/aromatic N) is 3. The maximum atomic E-state index is 11.9. The fourth-order valence-corrected chi connectivity index (χ4v) is 1.85. The molecule has 5 nitrogen and oxygen atoms in total. The summed E-state index contributed by atoms with van der Waals surface area (Å²) in [7, 11) is 0. The van der Waals surface area contributed by atoms with Crippen LogP contribution in [0.15, 0.2) is 12.4 Å². The molecule has 1 heterocycles. The number of rotatable bonds is 8. The van der Waals surface area contributed by atoms with Gasteiger partial charge in [0.1, 0.15) is 17.8 Å². The van der Waals surface area contributed by atoms with Crippen molar-refractivity contribution in [1.82, 2.24) is 15.3 Å². The second-order valence-electron chi connectivity index (χ2n) is 4.50. The van der Waals surface area contributed by atoms with Crippen LogP contribution in [0.5, 0.6) is 0 Å². The van der Waals surface area contributed by atoms with Gasteiger partial charge in [0.15, 0.2) is 0 Å². The van der Waals surface area contributed by atoms with Gasteiger partial charge in [-0.25, -0.2) is 9.97 Å². The Labute approximate surface area is 115 Å². The minimum atomic E-state index is -0.126. The van der Waals surface area contributed by atoms with Crippen LogP contribution in [-0.2, 0) is 0 Å². The molecule has 0 bridgehead atoms. The van der Waals surface area contributed by atoms with E-state index in [9.17, 15) is 4.79 Å². The smallest absolute Gasteiger partial charge is 0.270 e. The first-order valence-electron chi connectivity index (χ1n) is 7.08. The zero-order valence-corrected chi connectivity index (χ0v) is 12.1. The minimum Gasteiger partial charge on any atom is -0.357 e. The van der Waals surface area contributed by atoms with Crippen molar-refractivity contribution in [2.45, 2.75) is 40.0 Å². The van der Waals surface area contributed by atoms with Gasteiger partial charge in [-0.05, 0) is 19.3 Å². The molecule has 0 aliphatic heterocycles. The van der Waals surface area contributed by atoms with E-state index in [0.717, 1.165) is 38.2 Å². The molecular formula is C14H24N4O. The van der Waals surface area contributed by atoms with Gasteiger partial charge < -0.3 is 10.2 Å². The first-order valence-corrected chi connectivity index (χ1v) is 7.08. The first kappa shape index (κ1) is 15.4. The predicted molar refractivity (Wildman–Crippen MR) is 77.5 cm³/mol. The summed E-state index contributed by atoms with van der Waals surface area (Å²) >= 11 is 0. The molecule has 0 unspecified atom stereocenters. The van der Waals surface area contributed by atoms with Crippen molar-refractivity contribution in [3.8, 4) is 0 Å². The molecule has 1 rings (SSSR count). The second-order valence-corrected chi connectivity index (χ2v) is 4.50. The van der Waals surface area contributed by atoms with E-state index in [1.165, 1.54) is 6.33 Å². The Morgan fingerprint density at radius 3 is 2.42 bits per heavy atom. The third-order valence-corrected chi connectivity index (χ3v) is 2.73. The fraction of sp³-hybridized carbons (Fsp3) is 0.643. The van der Waals surface area contributed by atoms with Gasteiger partial charge in [-0.2, -0.15) is 0 Å². The zero-order chi connectivity index (χ0) is 14.1. The summed E-state index contributed by atoms with van der Waals surface area (Å²) in [5.74, 6) is 0.707. The van der Waals surface area contributed by atoms with E-state index < -0.39 is 0 Å². The van der Waals surface area contributed by atoms with Crippen LogP contribution in [0.2, 0.25) is 0 Å². The lowest BCUT2D eigenvalue weighted by atomic mass is 10.3. The number of anilines is 1. The molecule has 0 aliphatic carbocycles. The van der Waals surface area contributed by atoms with Crippen LogP contribution in [-0.4, -0.2) is 35.5 Å². The van der Waals surface area contributed by atoms with E-state index in [2.05, 4.69) is 34.0 Å². The monoisotopic (exact) mass is 264 g/mol. The molecule has 0 radical (unpaired) electrons. The average Bonchev–Trinajstić information content (AvgIpc) is 2.44. The number of hydrogen-bond donors (Lipinski definition) is 1. The molecule has 0 saturated carbocycles. The summed E-state index contributed by atoms with van der Waals surface area (Å²) in [6.45, 7) is 8.86. The van der Waals surface area contributed by atoms with Crippen LogP contribution >= 0.6 is 0 Å². The van der Waals surface area contributed by atoms with E-state index in [0.29, 0.717) is 12.2 Å². The quantitative estimate of drug-likeness (QED) is 0.782. The summed E-state index contributed by atoms with van der Waals surface area (Å²) in [6, 6.07) is 1.77. The molecule has 0 fully saturated rings. The van der Waals surface area contributed by atoms with Gasteiger partial charge in [0.2, 0.25) is 0 Å². The topological polar surface area (TPSA) is 58.1 Å². The Morgan fingerprint density at radius 2 is 1.84 bits per heavy atom. The van der Waals surface area contributed by atoms with Crippen LogP contribution in [0.1, 0.15) is 50.5 Å². The SMILES string of the molecule is CCCNC(=O)c1cc(N(CCC)CCC)ncn1. The van der Waals surface area contributed by atoms with Crippen LogP contribution < -0.4 is 10.2 Å². The Bertz CT molecular complexity index is 389. The predicted octanol–water partition coefficient (Wildman–Crippen LogP) is 2.24. The maximum Gasteiger partial charge on any atom is 0.270 e.